The quantitative estimate of drug-likeness (QED) is 0.411. The smallest absolute Gasteiger partial charge is 0.328 e. The molecule has 1 unspecified atom stereocenters. The minimum Gasteiger partial charge on any atom is -0.478 e. The van der Waals surface area contributed by atoms with Gasteiger partial charge < -0.3 is 25.2 Å². The Balaban J connectivity index is 0.000000350. The van der Waals surface area contributed by atoms with Crippen molar-refractivity contribution >= 4 is 34.8 Å². The van der Waals surface area contributed by atoms with Crippen LogP contribution in [0.5, 0.6) is 0 Å². The Morgan fingerprint density at radius 1 is 1.15 bits per heavy atom. The summed E-state index contributed by atoms with van der Waals surface area (Å²) >= 11 is 0. The van der Waals surface area contributed by atoms with E-state index in [-0.39, 0.29) is 12.0 Å². The van der Waals surface area contributed by atoms with Crippen molar-refractivity contribution in [1.29, 1.82) is 0 Å². The lowest BCUT2D eigenvalue weighted by Crippen LogP contribution is -2.50. The predicted octanol–water partition coefficient (Wildman–Crippen LogP) is -1.11. The van der Waals surface area contributed by atoms with Crippen LogP contribution in [0.3, 0.4) is 0 Å². The minimum atomic E-state index is -1.26. The van der Waals surface area contributed by atoms with Gasteiger partial charge in [0.2, 0.25) is 5.91 Å². The van der Waals surface area contributed by atoms with Crippen LogP contribution in [0.1, 0.15) is 12.8 Å². The number of nitrogens with zero attached hydrogens (tertiary/aromatic N) is 7. The Kier molecular flexibility index (Phi) is 8.81. The number of ether oxygens (including phenoxy) is 1. The molecular weight excluding hydrogens is 448 g/mol. The number of nitrogens with one attached hydrogen (secondary N) is 1. The third-order valence-electron chi connectivity index (χ3n) is 5.33. The lowest BCUT2D eigenvalue weighted by atomic mass is 10.2. The fourth-order valence-electron chi connectivity index (χ4n) is 3.62. The number of hydrogen-bond donors (Lipinski definition) is 3. The van der Waals surface area contributed by atoms with Gasteiger partial charge in [-0.15, -0.1) is 5.10 Å². The van der Waals surface area contributed by atoms with E-state index in [1.54, 1.807) is 11.0 Å². The average molecular weight is 476 g/mol. The van der Waals surface area contributed by atoms with Gasteiger partial charge in [-0.05, 0) is 12.8 Å². The molecule has 2 aliphatic heterocycles. The van der Waals surface area contributed by atoms with Crippen LogP contribution in [0.4, 0.5) is 5.82 Å². The highest BCUT2D eigenvalue weighted by atomic mass is 16.5. The fourth-order valence-corrected chi connectivity index (χ4v) is 3.62. The van der Waals surface area contributed by atoms with Gasteiger partial charge >= 0.3 is 11.9 Å². The summed E-state index contributed by atoms with van der Waals surface area (Å²) in [6.07, 6.45) is 4.97. The van der Waals surface area contributed by atoms with E-state index in [0.29, 0.717) is 25.2 Å². The van der Waals surface area contributed by atoms with Gasteiger partial charge in [0, 0.05) is 58.5 Å². The van der Waals surface area contributed by atoms with Gasteiger partial charge in [-0.2, -0.15) is 0 Å². The molecular formula is C20H28N8O6. The summed E-state index contributed by atoms with van der Waals surface area (Å²) in [6, 6.07) is 0. The van der Waals surface area contributed by atoms with E-state index in [2.05, 4.69) is 35.4 Å². The van der Waals surface area contributed by atoms with Crippen molar-refractivity contribution in [3.05, 3.63) is 18.5 Å². The molecule has 4 heterocycles. The van der Waals surface area contributed by atoms with E-state index in [1.807, 2.05) is 7.05 Å². The van der Waals surface area contributed by atoms with Crippen molar-refractivity contribution in [2.24, 2.45) is 7.05 Å². The molecule has 2 aromatic rings. The van der Waals surface area contributed by atoms with E-state index < -0.39 is 11.9 Å². The maximum absolute atomic E-state index is 12.1. The number of anilines is 1. The maximum atomic E-state index is 12.1. The minimum absolute atomic E-state index is 0.0623. The Morgan fingerprint density at radius 2 is 1.85 bits per heavy atom. The molecule has 3 N–H and O–H groups in total. The number of aromatic nitrogens is 5. The number of carbonyl (C=O) groups is 3. The van der Waals surface area contributed by atoms with Crippen LogP contribution in [0, 0.1) is 0 Å². The predicted molar refractivity (Wildman–Crippen MR) is 119 cm³/mol. The Morgan fingerprint density at radius 3 is 2.47 bits per heavy atom. The van der Waals surface area contributed by atoms with Crippen LogP contribution in [0.15, 0.2) is 18.5 Å². The third kappa shape index (κ3) is 7.18. The number of rotatable bonds is 7. The topological polar surface area (TPSA) is 176 Å². The number of carboxylic acids is 2. The first-order chi connectivity index (χ1) is 16.3. The molecule has 0 bridgehead atoms. The lowest BCUT2D eigenvalue weighted by molar-refractivity contribution is -0.134. The molecule has 0 spiro atoms. The van der Waals surface area contributed by atoms with Crippen LogP contribution in [0.2, 0.25) is 0 Å². The zero-order chi connectivity index (χ0) is 24.5. The molecule has 4 rings (SSSR count). The molecule has 0 aromatic carbocycles. The van der Waals surface area contributed by atoms with Crippen molar-refractivity contribution in [2.75, 3.05) is 50.8 Å². The third-order valence-corrected chi connectivity index (χ3v) is 5.33. The Bertz CT molecular complexity index is 1010. The van der Waals surface area contributed by atoms with Gasteiger partial charge in [0.1, 0.15) is 6.33 Å². The van der Waals surface area contributed by atoms with Crippen molar-refractivity contribution in [2.45, 2.75) is 18.9 Å². The molecule has 0 radical (unpaired) electrons. The summed E-state index contributed by atoms with van der Waals surface area (Å²) in [7, 11) is 1.82. The summed E-state index contributed by atoms with van der Waals surface area (Å²) in [5.41, 5.74) is 1.45. The van der Waals surface area contributed by atoms with Crippen LogP contribution in [0.25, 0.3) is 11.2 Å². The summed E-state index contributed by atoms with van der Waals surface area (Å²) in [5.74, 6) is -1.64. The molecule has 1 amide bonds. The zero-order valence-corrected chi connectivity index (χ0v) is 18.8. The Labute approximate surface area is 195 Å². The summed E-state index contributed by atoms with van der Waals surface area (Å²) in [4.78, 5) is 44.2. The van der Waals surface area contributed by atoms with Gasteiger partial charge in [0.05, 0.1) is 12.6 Å². The van der Waals surface area contributed by atoms with Gasteiger partial charge in [0.15, 0.2) is 17.0 Å². The molecule has 34 heavy (non-hydrogen) atoms. The molecule has 2 fully saturated rings. The van der Waals surface area contributed by atoms with E-state index in [1.165, 1.54) is 0 Å². The molecule has 0 saturated carbocycles. The molecule has 2 aromatic heterocycles. The number of amides is 1. The molecule has 14 nitrogen and oxygen atoms in total. The first-order valence-corrected chi connectivity index (χ1v) is 10.8. The summed E-state index contributed by atoms with van der Waals surface area (Å²) in [6.45, 7) is 5.04. The molecule has 2 aliphatic rings. The number of fused-ring (bicyclic) bond motifs is 1. The molecule has 14 heteroatoms. The van der Waals surface area contributed by atoms with E-state index >= 15 is 0 Å². The fraction of sp³-hybridized carbons (Fsp3) is 0.550. The first-order valence-electron chi connectivity index (χ1n) is 10.8. The number of carboxylic acid groups (broad SMARTS) is 2. The standard InChI is InChI=1S/C16H24N8O2.C4H4O4/c1-22-15-14(20-21-22)16(19-11-18-15)24-6-4-23(5-7-24)10-13(25)17-9-12-3-2-8-26-12;5-3(6)1-2-4(7)8/h11-12H,2-10H2,1H3,(H,17,25);1-2H,(H,5,6)(H,7,8). The number of piperazine rings is 1. The average Bonchev–Trinajstić information content (AvgIpc) is 3.47. The monoisotopic (exact) mass is 476 g/mol. The van der Waals surface area contributed by atoms with E-state index in [4.69, 9.17) is 14.9 Å². The highest BCUT2D eigenvalue weighted by Crippen LogP contribution is 2.21. The second kappa shape index (κ2) is 12.0. The van der Waals surface area contributed by atoms with Gasteiger partial charge in [-0.25, -0.2) is 24.2 Å². The van der Waals surface area contributed by atoms with Crippen molar-refractivity contribution in [3.63, 3.8) is 0 Å². The number of hydrogen-bond acceptors (Lipinski definition) is 10. The highest BCUT2D eigenvalue weighted by molar-refractivity contribution is 5.89. The largest absolute Gasteiger partial charge is 0.478 e. The SMILES string of the molecule is Cn1nnc2c(N3CCN(CC(=O)NCC4CCCO4)CC3)ncnc21.O=C(O)C=CC(=O)O. The first kappa shape index (κ1) is 25.0. The number of carbonyl (C=O) groups excluding carboxylic acids is 1. The van der Waals surface area contributed by atoms with Gasteiger partial charge in [0.25, 0.3) is 0 Å². The van der Waals surface area contributed by atoms with Crippen LogP contribution >= 0.6 is 0 Å². The lowest BCUT2D eigenvalue weighted by Gasteiger charge is -2.34. The van der Waals surface area contributed by atoms with Crippen LogP contribution < -0.4 is 10.2 Å². The van der Waals surface area contributed by atoms with Gasteiger partial charge in [-0.3, -0.25) is 9.69 Å². The molecule has 0 aliphatic carbocycles. The van der Waals surface area contributed by atoms with Crippen molar-refractivity contribution < 1.29 is 29.3 Å². The molecule has 184 valence electrons. The van der Waals surface area contributed by atoms with Gasteiger partial charge in [-0.1, -0.05) is 5.21 Å². The number of aliphatic carboxylic acids is 2. The Hall–Kier alpha value is -3.65. The molecule has 1 atom stereocenters. The normalized spacial score (nSPS) is 18.6. The van der Waals surface area contributed by atoms with Crippen molar-refractivity contribution in [1.82, 2.24) is 35.2 Å². The molecule has 2 saturated heterocycles. The van der Waals surface area contributed by atoms with E-state index in [9.17, 15) is 14.4 Å². The summed E-state index contributed by atoms with van der Waals surface area (Å²) < 4.78 is 7.18. The maximum Gasteiger partial charge on any atom is 0.328 e. The number of aryl methyl sites for hydroxylation is 1. The van der Waals surface area contributed by atoms with Crippen LogP contribution in [-0.2, 0) is 26.2 Å². The highest BCUT2D eigenvalue weighted by Gasteiger charge is 2.23. The summed E-state index contributed by atoms with van der Waals surface area (Å²) in [5, 5.41) is 26.8. The second-order valence-corrected chi connectivity index (χ2v) is 7.79. The van der Waals surface area contributed by atoms with Crippen LogP contribution in [-0.4, -0.2) is 110 Å². The van der Waals surface area contributed by atoms with Crippen molar-refractivity contribution in [3.8, 4) is 0 Å². The zero-order valence-electron chi connectivity index (χ0n) is 18.8. The van der Waals surface area contributed by atoms with E-state index in [0.717, 1.165) is 62.6 Å². The second-order valence-electron chi connectivity index (χ2n) is 7.79.